The zero-order valence-corrected chi connectivity index (χ0v) is 13.5. The topological polar surface area (TPSA) is 87.4 Å². The number of ether oxygens (including phenoxy) is 1. The summed E-state index contributed by atoms with van der Waals surface area (Å²) in [5, 5.41) is 18.9. The van der Waals surface area contributed by atoms with Crippen LogP contribution in [0.3, 0.4) is 0 Å². The van der Waals surface area contributed by atoms with Gasteiger partial charge in [0.25, 0.3) is 0 Å². The maximum Gasteiger partial charge on any atom is 0.192 e. The third-order valence-corrected chi connectivity index (χ3v) is 4.81. The molecule has 0 aliphatic carbocycles. The second-order valence-electron chi connectivity index (χ2n) is 4.94. The van der Waals surface area contributed by atoms with Crippen LogP contribution in [0.25, 0.3) is 6.08 Å². The number of phenolic OH excluding ortho intramolecular Hbond substituents is 1. The highest BCUT2D eigenvalue weighted by Crippen LogP contribution is 2.28. The number of nitriles is 1. The number of halogens is 1. The van der Waals surface area contributed by atoms with Crippen molar-refractivity contribution in [2.24, 2.45) is 0 Å². The lowest BCUT2D eigenvalue weighted by atomic mass is 10.2. The highest BCUT2D eigenvalue weighted by Gasteiger charge is 2.19. The van der Waals surface area contributed by atoms with E-state index in [1.807, 2.05) is 0 Å². The van der Waals surface area contributed by atoms with Crippen LogP contribution in [0.15, 0.2) is 47.4 Å². The van der Waals surface area contributed by atoms with Crippen molar-refractivity contribution >= 4 is 15.9 Å². The molecule has 0 unspecified atom stereocenters. The van der Waals surface area contributed by atoms with Gasteiger partial charge in [-0.1, -0.05) is 18.2 Å². The third kappa shape index (κ3) is 4.12. The molecule has 0 aliphatic rings. The van der Waals surface area contributed by atoms with Gasteiger partial charge in [0.2, 0.25) is 0 Å². The summed E-state index contributed by atoms with van der Waals surface area (Å²) in [5.41, 5.74) is 0.711. The molecule has 0 saturated carbocycles. The number of phenols is 1. The van der Waals surface area contributed by atoms with Crippen molar-refractivity contribution in [1.29, 1.82) is 5.26 Å². The Labute approximate surface area is 139 Å². The lowest BCUT2D eigenvalue weighted by Gasteiger charge is -2.05. The molecule has 5 nitrogen and oxygen atoms in total. The Bertz CT molecular complexity index is 913. The SMILES string of the molecule is COc1ccc(/C=C(\C#N)S(=O)(=O)Cc2ccc(F)cc2)cc1O. The molecule has 24 heavy (non-hydrogen) atoms. The smallest absolute Gasteiger partial charge is 0.192 e. The Morgan fingerprint density at radius 2 is 1.96 bits per heavy atom. The lowest BCUT2D eigenvalue weighted by molar-refractivity contribution is 0.373. The summed E-state index contributed by atoms with van der Waals surface area (Å²) in [7, 11) is -2.51. The second-order valence-corrected chi connectivity index (χ2v) is 6.90. The normalized spacial score (nSPS) is 11.8. The average molecular weight is 347 g/mol. The highest BCUT2D eigenvalue weighted by molar-refractivity contribution is 7.95. The monoisotopic (exact) mass is 347 g/mol. The van der Waals surface area contributed by atoms with Crippen molar-refractivity contribution in [1.82, 2.24) is 0 Å². The zero-order chi connectivity index (χ0) is 17.7. The van der Waals surface area contributed by atoms with Crippen molar-refractivity contribution in [2.75, 3.05) is 7.11 Å². The van der Waals surface area contributed by atoms with Crippen molar-refractivity contribution in [2.45, 2.75) is 5.75 Å². The van der Waals surface area contributed by atoms with E-state index in [4.69, 9.17) is 4.74 Å². The fourth-order valence-electron chi connectivity index (χ4n) is 2.02. The summed E-state index contributed by atoms with van der Waals surface area (Å²) >= 11 is 0. The summed E-state index contributed by atoms with van der Waals surface area (Å²) in [6.07, 6.45) is 1.16. The fraction of sp³-hybridized carbons (Fsp3) is 0.118. The number of hydrogen-bond donors (Lipinski definition) is 1. The van der Waals surface area contributed by atoms with Crippen LogP contribution in [-0.2, 0) is 15.6 Å². The Morgan fingerprint density at radius 3 is 2.50 bits per heavy atom. The van der Waals surface area contributed by atoms with E-state index in [2.05, 4.69) is 0 Å². The van der Waals surface area contributed by atoms with Crippen molar-refractivity contribution < 1.29 is 22.7 Å². The van der Waals surface area contributed by atoms with E-state index in [-0.39, 0.29) is 11.5 Å². The maximum atomic E-state index is 12.9. The number of allylic oxidation sites excluding steroid dienone is 1. The van der Waals surface area contributed by atoms with E-state index in [0.29, 0.717) is 11.1 Å². The van der Waals surface area contributed by atoms with E-state index in [9.17, 15) is 23.2 Å². The van der Waals surface area contributed by atoms with E-state index >= 15 is 0 Å². The Balaban J connectivity index is 2.33. The summed E-state index contributed by atoms with van der Waals surface area (Å²) in [4.78, 5) is -0.448. The first-order valence-corrected chi connectivity index (χ1v) is 8.47. The second kappa shape index (κ2) is 7.15. The highest BCUT2D eigenvalue weighted by atomic mass is 32.2. The Morgan fingerprint density at radius 1 is 1.29 bits per heavy atom. The van der Waals surface area contributed by atoms with Crippen molar-refractivity contribution in [3.05, 3.63) is 64.3 Å². The van der Waals surface area contributed by atoms with Gasteiger partial charge >= 0.3 is 0 Å². The van der Waals surface area contributed by atoms with E-state index < -0.39 is 26.3 Å². The van der Waals surface area contributed by atoms with Crippen LogP contribution >= 0.6 is 0 Å². The zero-order valence-electron chi connectivity index (χ0n) is 12.7. The number of rotatable bonds is 5. The largest absolute Gasteiger partial charge is 0.504 e. The predicted molar refractivity (Wildman–Crippen MR) is 87.3 cm³/mol. The molecule has 1 N–H and O–H groups in total. The molecule has 0 heterocycles. The predicted octanol–water partition coefficient (Wildman–Crippen LogP) is 3.02. The molecule has 0 atom stereocenters. The average Bonchev–Trinajstić information content (AvgIpc) is 2.54. The molecule has 0 aromatic heterocycles. The molecule has 0 aliphatic heterocycles. The number of methoxy groups -OCH3 is 1. The van der Waals surface area contributed by atoms with Crippen LogP contribution < -0.4 is 4.74 Å². The van der Waals surface area contributed by atoms with Gasteiger partial charge in [0, 0.05) is 0 Å². The molecule has 0 bridgehead atoms. The Kier molecular flexibility index (Phi) is 5.21. The number of nitrogens with zero attached hydrogens (tertiary/aromatic N) is 1. The minimum atomic E-state index is -3.90. The van der Waals surface area contributed by atoms with Gasteiger partial charge in [0.05, 0.1) is 12.9 Å². The van der Waals surface area contributed by atoms with Crippen LogP contribution in [-0.4, -0.2) is 20.6 Å². The van der Waals surface area contributed by atoms with E-state index in [1.54, 1.807) is 6.07 Å². The molecule has 0 saturated heterocycles. The van der Waals surface area contributed by atoms with Crippen molar-refractivity contribution in [3.63, 3.8) is 0 Å². The summed E-state index contributed by atoms with van der Waals surface area (Å²) in [6, 6.07) is 10.9. The number of benzene rings is 2. The molecular weight excluding hydrogens is 333 g/mol. The van der Waals surface area contributed by atoms with Gasteiger partial charge in [-0.05, 0) is 41.5 Å². The third-order valence-electron chi connectivity index (χ3n) is 3.22. The minimum Gasteiger partial charge on any atom is -0.504 e. The van der Waals surface area contributed by atoms with Gasteiger partial charge in [-0.3, -0.25) is 0 Å². The van der Waals surface area contributed by atoms with Gasteiger partial charge in [0.15, 0.2) is 21.3 Å². The molecular formula is C17H14FNO4S. The summed E-state index contributed by atoms with van der Waals surface area (Å²) < 4.78 is 42.5. The maximum absolute atomic E-state index is 12.9. The molecule has 2 aromatic carbocycles. The lowest BCUT2D eigenvalue weighted by Crippen LogP contribution is -2.06. The van der Waals surface area contributed by atoms with Crippen LogP contribution in [0.4, 0.5) is 4.39 Å². The molecule has 0 amide bonds. The first-order chi connectivity index (χ1) is 11.4. The fourth-order valence-corrected chi connectivity index (χ4v) is 3.26. The van der Waals surface area contributed by atoms with Gasteiger partial charge in [-0.25, -0.2) is 12.8 Å². The van der Waals surface area contributed by atoms with Crippen molar-refractivity contribution in [3.8, 4) is 17.6 Å². The molecule has 7 heteroatoms. The molecule has 0 spiro atoms. The Hall–Kier alpha value is -2.85. The standard InChI is InChI=1S/C17H14FNO4S/c1-23-17-7-4-13(9-16(17)20)8-15(10-19)24(21,22)11-12-2-5-14(18)6-3-12/h2-9,20H,11H2,1H3/b15-8+. The van der Waals surface area contributed by atoms with Gasteiger partial charge in [0.1, 0.15) is 16.8 Å². The molecule has 0 fully saturated rings. The van der Waals surface area contributed by atoms with Crippen LogP contribution in [0.2, 0.25) is 0 Å². The van der Waals surface area contributed by atoms with Crippen LogP contribution in [0.5, 0.6) is 11.5 Å². The first kappa shape index (κ1) is 17.5. The summed E-state index contributed by atoms with van der Waals surface area (Å²) in [5.74, 6) is -0.824. The van der Waals surface area contributed by atoms with Gasteiger partial charge < -0.3 is 9.84 Å². The first-order valence-electron chi connectivity index (χ1n) is 6.82. The molecule has 0 radical (unpaired) electrons. The number of hydrogen-bond acceptors (Lipinski definition) is 5. The molecule has 2 aromatic rings. The van der Waals surface area contributed by atoms with E-state index in [1.165, 1.54) is 37.4 Å². The number of sulfone groups is 1. The van der Waals surface area contributed by atoms with Gasteiger partial charge in [-0.15, -0.1) is 0 Å². The summed E-state index contributed by atoms with van der Waals surface area (Å²) in [6.45, 7) is 0. The molecule has 2 rings (SSSR count). The van der Waals surface area contributed by atoms with E-state index in [0.717, 1.165) is 18.2 Å². The quantitative estimate of drug-likeness (QED) is 0.840. The number of aromatic hydroxyl groups is 1. The van der Waals surface area contributed by atoms with Gasteiger partial charge in [-0.2, -0.15) is 5.26 Å². The van der Waals surface area contributed by atoms with Crippen LogP contribution in [0, 0.1) is 17.1 Å². The van der Waals surface area contributed by atoms with Crippen LogP contribution in [0.1, 0.15) is 11.1 Å². The minimum absolute atomic E-state index is 0.167. The molecule has 124 valence electrons.